The van der Waals surface area contributed by atoms with Gasteiger partial charge in [-0.05, 0) is 48.4 Å². The first-order valence-corrected chi connectivity index (χ1v) is 12.4. The molecule has 3 aromatic carbocycles. The van der Waals surface area contributed by atoms with E-state index in [1.165, 1.54) is 0 Å². The summed E-state index contributed by atoms with van der Waals surface area (Å²) in [6.07, 6.45) is 0.628. The van der Waals surface area contributed by atoms with E-state index in [4.69, 9.17) is 10.1 Å². The van der Waals surface area contributed by atoms with Crippen molar-refractivity contribution in [3.8, 4) is 11.1 Å². The molecular weight excluding hydrogens is 500 g/mol. The number of carbonyl (C=O) groups is 1. The smallest absolute Gasteiger partial charge is 0.240 e. The number of nitrogens with zero attached hydrogens (tertiary/aromatic N) is 4. The fraction of sp³-hybridized carbons (Fsp3) is 0.207. The lowest BCUT2D eigenvalue weighted by molar-refractivity contribution is -0.130. The maximum absolute atomic E-state index is 12.7. The lowest BCUT2D eigenvalue weighted by Gasteiger charge is -2.21. The first kappa shape index (κ1) is 23.2. The molecule has 6 heteroatoms. The zero-order chi connectivity index (χ0) is 24.7. The van der Waals surface area contributed by atoms with E-state index in [0.717, 1.165) is 54.7 Å². The van der Waals surface area contributed by atoms with Gasteiger partial charge < -0.3 is 4.90 Å². The van der Waals surface area contributed by atoms with Crippen molar-refractivity contribution >= 4 is 44.1 Å². The van der Waals surface area contributed by atoms with Crippen LogP contribution in [0.15, 0.2) is 82.4 Å². The predicted octanol–water partition coefficient (Wildman–Crippen LogP) is 6.74. The predicted molar refractivity (Wildman–Crippen MR) is 147 cm³/mol. The van der Waals surface area contributed by atoms with Gasteiger partial charge in [-0.2, -0.15) is 5.10 Å². The third kappa shape index (κ3) is 4.34. The van der Waals surface area contributed by atoms with Crippen LogP contribution in [-0.4, -0.2) is 35.7 Å². The molecule has 0 aliphatic carbocycles. The number of amides is 1. The van der Waals surface area contributed by atoms with Crippen molar-refractivity contribution < 1.29 is 4.79 Å². The van der Waals surface area contributed by atoms with E-state index in [1.54, 1.807) is 11.9 Å². The van der Waals surface area contributed by atoms with Gasteiger partial charge in [0.05, 0.1) is 17.3 Å². The molecule has 35 heavy (non-hydrogen) atoms. The molecule has 1 atom stereocenters. The van der Waals surface area contributed by atoms with E-state index in [9.17, 15) is 4.79 Å². The van der Waals surface area contributed by atoms with Gasteiger partial charge in [-0.3, -0.25) is 9.78 Å². The number of rotatable bonds is 4. The molecule has 1 aliphatic heterocycles. The van der Waals surface area contributed by atoms with Crippen molar-refractivity contribution in [3.63, 3.8) is 0 Å². The molecule has 0 spiro atoms. The number of benzene rings is 3. The molecule has 0 saturated carbocycles. The molecule has 176 valence electrons. The lowest BCUT2D eigenvalue weighted by Crippen LogP contribution is -2.24. The quantitative estimate of drug-likeness (QED) is 0.296. The largest absolute Gasteiger partial charge is 0.378 e. The van der Waals surface area contributed by atoms with Gasteiger partial charge in [0.25, 0.3) is 0 Å². The van der Waals surface area contributed by atoms with Crippen LogP contribution >= 0.6 is 15.9 Å². The second-order valence-corrected chi connectivity index (χ2v) is 10.0. The van der Waals surface area contributed by atoms with Gasteiger partial charge in [0.2, 0.25) is 5.91 Å². The maximum Gasteiger partial charge on any atom is 0.240 e. The molecule has 1 amide bonds. The van der Waals surface area contributed by atoms with Crippen molar-refractivity contribution in [1.29, 1.82) is 0 Å². The number of hydrazone groups is 1. The zero-order valence-electron chi connectivity index (χ0n) is 20.3. The number of halogens is 1. The Hall–Kier alpha value is -3.51. The first-order chi connectivity index (χ1) is 16.8. The highest BCUT2D eigenvalue weighted by atomic mass is 79.9. The first-order valence-electron chi connectivity index (χ1n) is 11.6. The van der Waals surface area contributed by atoms with Crippen LogP contribution in [-0.2, 0) is 4.79 Å². The van der Waals surface area contributed by atoms with Gasteiger partial charge in [-0.15, -0.1) is 0 Å². The summed E-state index contributed by atoms with van der Waals surface area (Å²) in [5.41, 5.74) is 8.12. The van der Waals surface area contributed by atoms with Crippen LogP contribution < -0.4 is 4.90 Å². The minimum atomic E-state index is -0.153. The molecule has 4 aromatic rings. The number of carbonyl (C=O) groups excluding carboxylic acids is 1. The lowest BCUT2D eigenvalue weighted by atomic mass is 9.89. The Balaban J connectivity index is 1.68. The number of fused-ring (bicyclic) bond motifs is 1. The van der Waals surface area contributed by atoms with E-state index in [-0.39, 0.29) is 11.9 Å². The number of hydrogen-bond acceptors (Lipinski definition) is 4. The monoisotopic (exact) mass is 526 g/mol. The van der Waals surface area contributed by atoms with E-state index in [1.807, 2.05) is 51.4 Å². The molecule has 2 heterocycles. The van der Waals surface area contributed by atoms with Crippen molar-refractivity contribution in [2.24, 2.45) is 5.10 Å². The van der Waals surface area contributed by atoms with Gasteiger partial charge in [0.15, 0.2) is 0 Å². The van der Waals surface area contributed by atoms with Gasteiger partial charge >= 0.3 is 0 Å². The van der Waals surface area contributed by atoms with Crippen LogP contribution in [0, 0.1) is 6.92 Å². The number of hydrogen-bond donors (Lipinski definition) is 0. The molecule has 0 saturated heterocycles. The molecule has 1 aliphatic rings. The molecule has 5 rings (SSSR count). The van der Waals surface area contributed by atoms with Crippen LogP contribution in [0.4, 0.5) is 5.69 Å². The Morgan fingerprint density at radius 3 is 2.37 bits per heavy atom. The number of aromatic nitrogens is 1. The molecular formula is C29H27BrN4O. The standard InChI is InChI=1S/C29H27BrN4O/c1-18-28(29(21-8-6-5-7-9-21)24-16-22(30)12-15-25(24)31-18)26-17-27(34(32-26)19(2)35)20-10-13-23(14-11-20)33(3)4/h5-16,27H,17H2,1-4H3/t27-/m1/s1. The third-order valence-corrected chi connectivity index (χ3v) is 7.00. The van der Waals surface area contributed by atoms with Crippen molar-refractivity contribution in [3.05, 3.63) is 94.1 Å². The molecule has 0 N–H and O–H groups in total. The molecule has 0 unspecified atom stereocenters. The van der Waals surface area contributed by atoms with Gasteiger partial charge in [-0.1, -0.05) is 58.4 Å². The van der Waals surface area contributed by atoms with Crippen LogP contribution in [0.25, 0.3) is 22.0 Å². The van der Waals surface area contributed by atoms with Gasteiger partial charge in [0.1, 0.15) is 0 Å². The summed E-state index contributed by atoms with van der Waals surface area (Å²) in [5, 5.41) is 7.57. The summed E-state index contributed by atoms with van der Waals surface area (Å²) in [4.78, 5) is 19.7. The van der Waals surface area contributed by atoms with Crippen LogP contribution in [0.5, 0.6) is 0 Å². The molecule has 0 bridgehead atoms. The second kappa shape index (κ2) is 9.27. The highest BCUT2D eigenvalue weighted by Gasteiger charge is 2.33. The average Bonchev–Trinajstić information content (AvgIpc) is 3.29. The molecule has 0 radical (unpaired) electrons. The Morgan fingerprint density at radius 1 is 1.00 bits per heavy atom. The highest BCUT2D eigenvalue weighted by molar-refractivity contribution is 9.10. The minimum absolute atomic E-state index is 0.0721. The summed E-state index contributed by atoms with van der Waals surface area (Å²) >= 11 is 3.64. The maximum atomic E-state index is 12.7. The minimum Gasteiger partial charge on any atom is -0.378 e. The summed E-state index contributed by atoms with van der Waals surface area (Å²) in [5.74, 6) is -0.0721. The van der Waals surface area contributed by atoms with Crippen LogP contribution in [0.2, 0.25) is 0 Å². The summed E-state index contributed by atoms with van der Waals surface area (Å²) < 4.78 is 0.997. The summed E-state index contributed by atoms with van der Waals surface area (Å²) in [6, 6.07) is 24.7. The zero-order valence-corrected chi connectivity index (χ0v) is 21.9. The van der Waals surface area contributed by atoms with Crippen molar-refractivity contribution in [2.45, 2.75) is 26.3 Å². The molecule has 0 fully saturated rings. The molecule has 5 nitrogen and oxygen atoms in total. The number of pyridine rings is 1. The third-order valence-electron chi connectivity index (χ3n) is 6.51. The molecule has 1 aromatic heterocycles. The normalized spacial score (nSPS) is 15.4. The van der Waals surface area contributed by atoms with Gasteiger partial charge in [-0.25, -0.2) is 5.01 Å². The summed E-state index contributed by atoms with van der Waals surface area (Å²) in [6.45, 7) is 3.61. The van der Waals surface area contributed by atoms with Crippen LogP contribution in [0.1, 0.15) is 36.2 Å². The second-order valence-electron chi connectivity index (χ2n) is 9.09. The van der Waals surface area contributed by atoms with E-state index < -0.39 is 0 Å². The Bertz CT molecular complexity index is 1450. The van der Waals surface area contributed by atoms with E-state index in [2.05, 4.69) is 63.3 Å². The topological polar surface area (TPSA) is 48.8 Å². The van der Waals surface area contributed by atoms with E-state index >= 15 is 0 Å². The van der Waals surface area contributed by atoms with Crippen molar-refractivity contribution in [1.82, 2.24) is 9.99 Å². The van der Waals surface area contributed by atoms with Crippen molar-refractivity contribution in [2.75, 3.05) is 19.0 Å². The average molecular weight is 527 g/mol. The number of anilines is 1. The Morgan fingerprint density at radius 2 is 1.71 bits per heavy atom. The fourth-order valence-corrected chi connectivity index (χ4v) is 5.18. The fourth-order valence-electron chi connectivity index (χ4n) is 4.82. The van der Waals surface area contributed by atoms with E-state index in [0.29, 0.717) is 6.42 Å². The van der Waals surface area contributed by atoms with Crippen LogP contribution in [0.3, 0.4) is 0 Å². The number of aryl methyl sites for hydroxylation is 1. The Kier molecular flexibility index (Phi) is 6.15. The van der Waals surface area contributed by atoms with Gasteiger partial charge in [0, 0.05) is 59.8 Å². The highest BCUT2D eigenvalue weighted by Crippen LogP contribution is 2.40. The summed E-state index contributed by atoms with van der Waals surface area (Å²) in [7, 11) is 4.04. The SMILES string of the molecule is CC(=O)N1N=C(c2c(C)nc3ccc(Br)cc3c2-c2ccccc2)C[C@@H]1c1ccc(N(C)C)cc1. The Labute approximate surface area is 214 Å².